The second-order valence-electron chi connectivity index (χ2n) is 11.3. The van der Waals surface area contributed by atoms with Crippen molar-refractivity contribution in [3.8, 4) is 5.75 Å². The van der Waals surface area contributed by atoms with Crippen molar-refractivity contribution >= 4 is 23.6 Å². The largest absolute Gasteiger partial charge is 0.508 e. The van der Waals surface area contributed by atoms with Crippen LogP contribution in [0.15, 0.2) is 66.5 Å². The minimum absolute atomic E-state index is 0.0904. The summed E-state index contributed by atoms with van der Waals surface area (Å²) in [6.07, 6.45) is 3.36. The summed E-state index contributed by atoms with van der Waals surface area (Å²) in [5.41, 5.74) is 7.41. The van der Waals surface area contributed by atoms with E-state index in [1.807, 2.05) is 44.2 Å². The van der Waals surface area contributed by atoms with Crippen molar-refractivity contribution in [2.75, 3.05) is 6.54 Å². The van der Waals surface area contributed by atoms with Crippen LogP contribution in [0.3, 0.4) is 0 Å². The number of amides is 4. The minimum atomic E-state index is -0.995. The van der Waals surface area contributed by atoms with Gasteiger partial charge in [-0.25, -0.2) is 4.39 Å². The van der Waals surface area contributed by atoms with Crippen LogP contribution in [0, 0.1) is 5.92 Å². The van der Waals surface area contributed by atoms with Crippen LogP contribution in [-0.2, 0) is 32.0 Å². The molecular weight excluding hydrogens is 553 g/mol. The molecule has 4 amide bonds. The molecule has 0 bridgehead atoms. The Labute approximate surface area is 251 Å². The highest BCUT2D eigenvalue weighted by molar-refractivity contribution is 5.93. The van der Waals surface area contributed by atoms with Crippen molar-refractivity contribution < 1.29 is 28.7 Å². The number of hydrogen-bond acceptors (Lipinski definition) is 6. The first kappa shape index (κ1) is 33.3. The lowest BCUT2D eigenvalue weighted by Gasteiger charge is -2.24. The smallest absolute Gasteiger partial charge is 0.243 e. The molecule has 2 aromatic rings. The number of benzene rings is 2. The van der Waals surface area contributed by atoms with E-state index < -0.39 is 48.2 Å². The van der Waals surface area contributed by atoms with E-state index in [0.29, 0.717) is 6.42 Å². The molecule has 1 saturated carbocycles. The van der Waals surface area contributed by atoms with Gasteiger partial charge in [0.05, 0.1) is 12.6 Å². The highest BCUT2D eigenvalue weighted by Gasteiger charge is 2.31. The van der Waals surface area contributed by atoms with Crippen LogP contribution < -0.4 is 27.0 Å². The summed E-state index contributed by atoms with van der Waals surface area (Å²) < 4.78 is 14.5. The molecule has 0 heterocycles. The first-order valence-corrected chi connectivity index (χ1v) is 14.6. The molecule has 1 aliphatic carbocycles. The van der Waals surface area contributed by atoms with Crippen LogP contribution in [0.2, 0.25) is 0 Å². The molecule has 43 heavy (non-hydrogen) atoms. The fourth-order valence-corrected chi connectivity index (χ4v) is 4.39. The van der Waals surface area contributed by atoms with Gasteiger partial charge in [0.2, 0.25) is 23.6 Å². The number of aromatic hydroxyl groups is 1. The normalized spacial score (nSPS) is 15.2. The molecule has 0 saturated heterocycles. The number of hydrogen-bond donors (Lipinski definition) is 6. The van der Waals surface area contributed by atoms with Crippen molar-refractivity contribution in [3.05, 3.63) is 77.6 Å². The van der Waals surface area contributed by atoms with Gasteiger partial charge in [-0.3, -0.25) is 19.2 Å². The van der Waals surface area contributed by atoms with Crippen LogP contribution >= 0.6 is 0 Å². The lowest BCUT2D eigenvalue weighted by Crippen LogP contribution is -2.55. The molecule has 11 heteroatoms. The Morgan fingerprint density at radius 3 is 2.19 bits per heavy atom. The van der Waals surface area contributed by atoms with E-state index in [9.17, 15) is 28.7 Å². The van der Waals surface area contributed by atoms with Crippen LogP contribution in [0.1, 0.15) is 50.7 Å². The van der Waals surface area contributed by atoms with Gasteiger partial charge in [0.25, 0.3) is 0 Å². The number of phenolic OH excluding ortho intramolecular Hbond substituents is 1. The zero-order valence-corrected chi connectivity index (χ0v) is 24.6. The van der Waals surface area contributed by atoms with Gasteiger partial charge in [0.15, 0.2) is 0 Å². The molecule has 0 aromatic heterocycles. The second kappa shape index (κ2) is 16.4. The molecular formula is C32H42FN5O5. The maximum absolute atomic E-state index is 14.5. The third-order valence-electron chi connectivity index (χ3n) is 6.87. The topological polar surface area (TPSA) is 163 Å². The standard InChI is InChI=1S/C32H42FN5O5/c1-20(2)16-27(31(42)36-23-10-11-23)38-32(43)28(18-21-6-4-3-5-7-21)37-30(41)19-35-29(40)15-14-25(33)26(34)17-22-8-12-24(39)13-9-22/h3-9,12-14,20,23,26-28,39H,10-11,15-19,34H2,1-2H3,(H,35,40)(H,36,42)(H,37,41)(H,38,43)/b25-14-/t26-,27-,28-/m0/s1. The number of rotatable bonds is 16. The van der Waals surface area contributed by atoms with Crippen molar-refractivity contribution in [1.29, 1.82) is 0 Å². The Hall–Kier alpha value is -4.25. The predicted molar refractivity (Wildman–Crippen MR) is 161 cm³/mol. The maximum atomic E-state index is 14.5. The lowest BCUT2D eigenvalue weighted by molar-refractivity contribution is -0.132. The average Bonchev–Trinajstić information content (AvgIpc) is 3.79. The van der Waals surface area contributed by atoms with Gasteiger partial charge in [-0.1, -0.05) is 56.3 Å². The van der Waals surface area contributed by atoms with Crippen molar-refractivity contribution in [1.82, 2.24) is 21.3 Å². The molecule has 3 rings (SSSR count). The molecule has 0 spiro atoms. The molecule has 0 radical (unpaired) electrons. The van der Waals surface area contributed by atoms with Crippen LogP contribution in [0.25, 0.3) is 0 Å². The molecule has 232 valence electrons. The lowest BCUT2D eigenvalue weighted by atomic mass is 10.0. The summed E-state index contributed by atoms with van der Waals surface area (Å²) in [5, 5.41) is 20.2. The molecule has 0 aliphatic heterocycles. The highest BCUT2D eigenvalue weighted by atomic mass is 19.1. The third-order valence-corrected chi connectivity index (χ3v) is 6.87. The number of carbonyl (C=O) groups excluding carboxylic acids is 4. The monoisotopic (exact) mass is 595 g/mol. The van der Waals surface area contributed by atoms with Crippen molar-refractivity contribution in [2.24, 2.45) is 11.7 Å². The van der Waals surface area contributed by atoms with Crippen LogP contribution in [0.4, 0.5) is 4.39 Å². The van der Waals surface area contributed by atoms with Gasteiger partial charge in [-0.15, -0.1) is 0 Å². The first-order chi connectivity index (χ1) is 20.5. The van der Waals surface area contributed by atoms with E-state index in [1.54, 1.807) is 12.1 Å². The third kappa shape index (κ3) is 12.3. The Bertz CT molecular complexity index is 1260. The summed E-state index contributed by atoms with van der Waals surface area (Å²) in [6.45, 7) is 3.49. The molecule has 7 N–H and O–H groups in total. The first-order valence-electron chi connectivity index (χ1n) is 14.6. The summed E-state index contributed by atoms with van der Waals surface area (Å²) in [6, 6.07) is 12.8. The zero-order valence-electron chi connectivity index (χ0n) is 24.6. The summed E-state index contributed by atoms with van der Waals surface area (Å²) in [7, 11) is 0. The van der Waals surface area contributed by atoms with Crippen molar-refractivity contribution in [3.63, 3.8) is 0 Å². The van der Waals surface area contributed by atoms with E-state index >= 15 is 0 Å². The van der Waals surface area contributed by atoms with Gasteiger partial charge in [0.1, 0.15) is 23.7 Å². The summed E-state index contributed by atoms with van der Waals surface area (Å²) >= 11 is 0. The van der Waals surface area contributed by atoms with E-state index in [1.165, 1.54) is 12.1 Å². The van der Waals surface area contributed by atoms with Gasteiger partial charge >= 0.3 is 0 Å². The van der Waals surface area contributed by atoms with Gasteiger partial charge in [-0.2, -0.15) is 0 Å². The molecule has 1 fully saturated rings. The average molecular weight is 596 g/mol. The summed E-state index contributed by atoms with van der Waals surface area (Å²) in [5.74, 6) is -2.39. The number of nitrogens with two attached hydrogens (primary N) is 1. The summed E-state index contributed by atoms with van der Waals surface area (Å²) in [4.78, 5) is 51.2. The Balaban J connectivity index is 1.55. The van der Waals surface area contributed by atoms with E-state index in [-0.39, 0.29) is 42.9 Å². The van der Waals surface area contributed by atoms with E-state index in [4.69, 9.17) is 5.73 Å². The number of nitrogens with one attached hydrogen (secondary N) is 4. The second-order valence-corrected chi connectivity index (χ2v) is 11.3. The minimum Gasteiger partial charge on any atom is -0.508 e. The molecule has 3 atom stereocenters. The fourth-order valence-electron chi connectivity index (χ4n) is 4.39. The Morgan fingerprint density at radius 1 is 0.907 bits per heavy atom. The molecule has 1 aliphatic rings. The molecule has 2 aromatic carbocycles. The van der Waals surface area contributed by atoms with Crippen LogP contribution in [-0.4, -0.2) is 59.4 Å². The van der Waals surface area contributed by atoms with Gasteiger partial charge < -0.3 is 32.1 Å². The van der Waals surface area contributed by atoms with E-state index in [2.05, 4.69) is 21.3 Å². The highest BCUT2D eigenvalue weighted by Crippen LogP contribution is 2.19. The number of carbonyl (C=O) groups is 4. The zero-order chi connectivity index (χ0) is 31.4. The number of phenols is 1. The fraction of sp³-hybridized carbons (Fsp3) is 0.438. The molecule has 0 unspecified atom stereocenters. The van der Waals surface area contributed by atoms with Crippen LogP contribution in [0.5, 0.6) is 5.75 Å². The SMILES string of the molecule is CC(C)C[C@H](NC(=O)[C@H](Cc1ccccc1)NC(=O)CNC(=O)C/C=C(\F)[C@@H](N)Cc1ccc(O)cc1)C(=O)NC1CC1. The quantitative estimate of drug-likeness (QED) is 0.174. The van der Waals surface area contributed by atoms with Crippen molar-refractivity contribution in [2.45, 2.75) is 76.5 Å². The maximum Gasteiger partial charge on any atom is 0.243 e. The predicted octanol–water partition coefficient (Wildman–Crippen LogP) is 2.16. The Morgan fingerprint density at radius 2 is 1.56 bits per heavy atom. The Kier molecular flexibility index (Phi) is 12.7. The van der Waals surface area contributed by atoms with Gasteiger partial charge in [0, 0.05) is 18.9 Å². The van der Waals surface area contributed by atoms with E-state index in [0.717, 1.165) is 30.0 Å². The molecule has 10 nitrogen and oxygen atoms in total. The number of halogens is 1. The van der Waals surface area contributed by atoms with Gasteiger partial charge in [-0.05, 0) is 60.9 Å².